The molecule has 0 aliphatic heterocycles. The number of nitrogens with zero attached hydrogens (tertiary/aromatic N) is 5. The van der Waals surface area contributed by atoms with Crippen LogP contribution in [0.25, 0.3) is 16.7 Å². The quantitative estimate of drug-likeness (QED) is 0.503. The van der Waals surface area contributed by atoms with Crippen molar-refractivity contribution < 1.29 is 0 Å². The molecule has 0 saturated carbocycles. The number of benzene rings is 1. The fourth-order valence-electron chi connectivity index (χ4n) is 2.72. The number of fused-ring (bicyclic) bond motifs is 2. The lowest BCUT2D eigenvalue weighted by atomic mass is 10.2. The van der Waals surface area contributed by atoms with E-state index >= 15 is 0 Å². The van der Waals surface area contributed by atoms with E-state index in [0.717, 1.165) is 45.7 Å². The number of hydrogen-bond acceptors (Lipinski definition) is 6. The highest BCUT2D eigenvalue weighted by molar-refractivity contribution is 9.10. The number of rotatable bonds is 5. The Labute approximate surface area is 152 Å². The van der Waals surface area contributed by atoms with Gasteiger partial charge in [-0.25, -0.2) is 4.98 Å². The first kappa shape index (κ1) is 15.8. The van der Waals surface area contributed by atoms with Crippen LogP contribution in [0.5, 0.6) is 0 Å². The lowest BCUT2D eigenvalue weighted by Crippen LogP contribution is -2.16. The van der Waals surface area contributed by atoms with Gasteiger partial charge < -0.3 is 10.6 Å². The Morgan fingerprint density at radius 3 is 2.88 bits per heavy atom. The van der Waals surface area contributed by atoms with Gasteiger partial charge in [0.05, 0.1) is 5.52 Å². The minimum Gasteiger partial charge on any atom is -0.383 e. The molecule has 0 aliphatic rings. The first-order chi connectivity index (χ1) is 12.2. The van der Waals surface area contributed by atoms with Gasteiger partial charge in [-0.05, 0) is 31.2 Å². The lowest BCUT2D eigenvalue weighted by Gasteiger charge is -2.12. The Bertz CT molecular complexity index is 1040. The summed E-state index contributed by atoms with van der Waals surface area (Å²) >= 11 is 3.52. The van der Waals surface area contributed by atoms with Crippen LogP contribution in [0.2, 0.25) is 0 Å². The second kappa shape index (κ2) is 6.64. The Hall–Kier alpha value is -2.74. The molecule has 4 aromatic rings. The number of anilines is 2. The summed E-state index contributed by atoms with van der Waals surface area (Å²) in [5.74, 6) is 1.48. The van der Waals surface area contributed by atoms with Crippen LogP contribution in [0.3, 0.4) is 0 Å². The number of aryl methyl sites for hydroxylation is 1. The number of aromatic nitrogens is 5. The molecular weight excluding hydrogens is 382 g/mol. The molecule has 0 atom stereocenters. The summed E-state index contributed by atoms with van der Waals surface area (Å²) in [4.78, 5) is 12.9. The van der Waals surface area contributed by atoms with Crippen molar-refractivity contribution in [2.75, 3.05) is 23.7 Å². The minimum atomic E-state index is 0.598. The molecule has 8 heteroatoms. The zero-order valence-electron chi connectivity index (χ0n) is 13.6. The maximum atomic E-state index is 4.39. The molecule has 3 aromatic heterocycles. The van der Waals surface area contributed by atoms with Crippen molar-refractivity contribution in [3.8, 4) is 0 Å². The molecule has 0 amide bonds. The van der Waals surface area contributed by atoms with E-state index in [9.17, 15) is 0 Å². The molecule has 0 saturated heterocycles. The zero-order chi connectivity index (χ0) is 17.2. The molecule has 25 heavy (non-hydrogen) atoms. The van der Waals surface area contributed by atoms with E-state index in [0.29, 0.717) is 5.78 Å². The van der Waals surface area contributed by atoms with Crippen molar-refractivity contribution in [3.05, 3.63) is 53.0 Å². The Kier molecular flexibility index (Phi) is 4.19. The van der Waals surface area contributed by atoms with Crippen molar-refractivity contribution in [2.24, 2.45) is 0 Å². The van der Waals surface area contributed by atoms with E-state index in [1.165, 1.54) is 6.33 Å². The van der Waals surface area contributed by atoms with Gasteiger partial charge in [0.2, 0.25) is 0 Å². The first-order valence-electron chi connectivity index (χ1n) is 7.90. The third-order valence-electron chi connectivity index (χ3n) is 3.83. The highest BCUT2D eigenvalue weighted by Gasteiger charge is 2.05. The third kappa shape index (κ3) is 3.25. The van der Waals surface area contributed by atoms with Crippen molar-refractivity contribution in [1.82, 2.24) is 24.6 Å². The van der Waals surface area contributed by atoms with Crippen LogP contribution < -0.4 is 10.6 Å². The van der Waals surface area contributed by atoms with Gasteiger partial charge in [0.15, 0.2) is 0 Å². The molecule has 3 heterocycles. The van der Waals surface area contributed by atoms with E-state index in [1.54, 1.807) is 4.52 Å². The van der Waals surface area contributed by atoms with Crippen LogP contribution in [-0.4, -0.2) is 37.7 Å². The molecule has 4 rings (SSSR count). The van der Waals surface area contributed by atoms with Crippen molar-refractivity contribution in [2.45, 2.75) is 6.92 Å². The maximum absolute atomic E-state index is 4.39. The smallest absolute Gasteiger partial charge is 0.254 e. The van der Waals surface area contributed by atoms with Crippen molar-refractivity contribution in [1.29, 1.82) is 0 Å². The van der Waals surface area contributed by atoms with Gasteiger partial charge in [0, 0.05) is 46.6 Å². The standard InChI is InChI=1S/C17H16BrN7/c1-11-8-16(25-17(24-11)22-10-23-25)21-7-6-20-15-4-5-19-14-3-2-12(18)9-13(14)15/h2-5,8-10,21H,6-7H2,1H3,(H,19,20). The van der Waals surface area contributed by atoms with Crippen LogP contribution >= 0.6 is 15.9 Å². The third-order valence-corrected chi connectivity index (χ3v) is 4.32. The van der Waals surface area contributed by atoms with E-state index < -0.39 is 0 Å². The summed E-state index contributed by atoms with van der Waals surface area (Å²) in [6.07, 6.45) is 3.32. The van der Waals surface area contributed by atoms with E-state index in [4.69, 9.17) is 0 Å². The second-order valence-electron chi connectivity index (χ2n) is 5.63. The summed E-state index contributed by atoms with van der Waals surface area (Å²) in [6.45, 7) is 3.43. The summed E-state index contributed by atoms with van der Waals surface area (Å²) in [5.41, 5.74) is 2.93. The Morgan fingerprint density at radius 2 is 1.96 bits per heavy atom. The highest BCUT2D eigenvalue weighted by Crippen LogP contribution is 2.24. The van der Waals surface area contributed by atoms with Gasteiger partial charge in [-0.15, -0.1) is 0 Å². The van der Waals surface area contributed by atoms with Crippen molar-refractivity contribution >= 4 is 44.1 Å². The average Bonchev–Trinajstić information content (AvgIpc) is 3.07. The first-order valence-corrected chi connectivity index (χ1v) is 8.69. The largest absolute Gasteiger partial charge is 0.383 e. The van der Waals surface area contributed by atoms with Crippen LogP contribution in [0.15, 0.2) is 47.3 Å². The molecule has 0 bridgehead atoms. The second-order valence-corrected chi connectivity index (χ2v) is 6.54. The normalized spacial score (nSPS) is 11.1. The fraction of sp³-hybridized carbons (Fsp3) is 0.176. The van der Waals surface area contributed by atoms with E-state index in [1.807, 2.05) is 37.4 Å². The number of nitrogens with one attached hydrogen (secondary N) is 2. The minimum absolute atomic E-state index is 0.598. The van der Waals surface area contributed by atoms with Gasteiger partial charge >= 0.3 is 0 Å². The van der Waals surface area contributed by atoms with Gasteiger partial charge in [-0.2, -0.15) is 14.6 Å². The lowest BCUT2D eigenvalue weighted by molar-refractivity contribution is 0.915. The number of hydrogen-bond donors (Lipinski definition) is 2. The maximum Gasteiger partial charge on any atom is 0.254 e. The summed E-state index contributed by atoms with van der Waals surface area (Å²) in [6, 6.07) is 10.0. The Balaban J connectivity index is 1.46. The van der Waals surface area contributed by atoms with Crippen LogP contribution in [0.1, 0.15) is 5.69 Å². The van der Waals surface area contributed by atoms with Gasteiger partial charge in [-0.3, -0.25) is 4.98 Å². The van der Waals surface area contributed by atoms with Crippen LogP contribution in [0, 0.1) is 6.92 Å². The van der Waals surface area contributed by atoms with Crippen LogP contribution in [0.4, 0.5) is 11.5 Å². The molecular formula is C17H16BrN7. The summed E-state index contributed by atoms with van der Waals surface area (Å²) in [7, 11) is 0. The van der Waals surface area contributed by atoms with E-state index in [2.05, 4.69) is 52.7 Å². The summed E-state index contributed by atoms with van der Waals surface area (Å²) in [5, 5.41) is 12.1. The predicted molar refractivity (Wildman–Crippen MR) is 102 cm³/mol. The molecule has 7 nitrogen and oxygen atoms in total. The Morgan fingerprint density at radius 1 is 1.08 bits per heavy atom. The molecule has 0 spiro atoms. The SMILES string of the molecule is Cc1cc(NCCNc2ccnc3ccc(Br)cc23)n2ncnc2n1. The molecule has 0 radical (unpaired) electrons. The van der Waals surface area contributed by atoms with Gasteiger partial charge in [0.25, 0.3) is 5.78 Å². The summed E-state index contributed by atoms with van der Waals surface area (Å²) < 4.78 is 2.74. The highest BCUT2D eigenvalue weighted by atomic mass is 79.9. The van der Waals surface area contributed by atoms with Crippen LogP contribution in [-0.2, 0) is 0 Å². The fourth-order valence-corrected chi connectivity index (χ4v) is 3.08. The molecule has 1 aromatic carbocycles. The van der Waals surface area contributed by atoms with Crippen molar-refractivity contribution in [3.63, 3.8) is 0 Å². The monoisotopic (exact) mass is 397 g/mol. The molecule has 0 aliphatic carbocycles. The molecule has 0 unspecified atom stereocenters. The predicted octanol–water partition coefficient (Wildman–Crippen LogP) is 3.27. The number of halogens is 1. The van der Waals surface area contributed by atoms with Gasteiger partial charge in [-0.1, -0.05) is 15.9 Å². The van der Waals surface area contributed by atoms with Gasteiger partial charge in [0.1, 0.15) is 12.1 Å². The number of pyridine rings is 1. The molecule has 2 N–H and O–H groups in total. The average molecular weight is 398 g/mol. The topological polar surface area (TPSA) is 80.0 Å². The molecule has 0 fully saturated rings. The van der Waals surface area contributed by atoms with E-state index in [-0.39, 0.29) is 0 Å². The molecule has 126 valence electrons. The zero-order valence-corrected chi connectivity index (χ0v) is 15.2.